The molecule has 3 atom stereocenters. The lowest BCUT2D eigenvalue weighted by Crippen LogP contribution is -2.51. The van der Waals surface area contributed by atoms with E-state index in [1.807, 2.05) is 43.3 Å². The van der Waals surface area contributed by atoms with Crippen molar-refractivity contribution in [3.63, 3.8) is 0 Å². The van der Waals surface area contributed by atoms with E-state index in [-0.39, 0.29) is 25.7 Å². The van der Waals surface area contributed by atoms with Gasteiger partial charge in [-0.25, -0.2) is 19.4 Å². The van der Waals surface area contributed by atoms with Crippen LogP contribution in [0.3, 0.4) is 0 Å². The fraction of sp³-hybridized carbons (Fsp3) is 0.452. The number of hydrogen-bond acceptors (Lipinski definition) is 8. The smallest absolute Gasteiger partial charge is 0.410 e. The molecule has 2 aromatic rings. The molecule has 0 spiro atoms. The first-order valence-corrected chi connectivity index (χ1v) is 16.7. The highest BCUT2D eigenvalue weighted by molar-refractivity contribution is 7.66. The molecular formula is C31H42N4O8P+. The van der Waals surface area contributed by atoms with E-state index in [1.54, 1.807) is 24.3 Å². The van der Waals surface area contributed by atoms with Crippen molar-refractivity contribution >= 4 is 37.8 Å². The minimum absolute atomic E-state index is 0.0157. The Kier molecular flexibility index (Phi) is 13.7. The highest BCUT2D eigenvalue weighted by Crippen LogP contribution is 2.54. The molecule has 12 nitrogen and oxygen atoms in total. The molecule has 0 saturated carbocycles. The first-order valence-electron chi connectivity index (χ1n) is 14.8. The van der Waals surface area contributed by atoms with Gasteiger partial charge in [-0.3, -0.25) is 19.9 Å². The second-order valence-electron chi connectivity index (χ2n) is 10.7. The molecule has 13 heteroatoms. The number of alkyl carbamates (subject to hydrolysis) is 1. The van der Waals surface area contributed by atoms with Crippen LogP contribution in [0.1, 0.15) is 50.2 Å². The lowest BCUT2D eigenvalue weighted by atomic mass is 10.1. The standard InChI is InChI=1S/C31H41N4O8P/c1-2-3-15-25(30(38)39)33-29(37)26-16-10-18-35(26)28(36)21-32-17-19-44(41,42)27(20-23-11-6-4-7-12-23)34-31(40)43-22-24-13-8-5-9-14-24/h4-9,11-14,17,25-27,41-42H,2-3,10,15-16,18-22H2,1H3,(H2-,33,34,37,38,39,40)/p+1/t25-,26-,27-/m1/s1. The minimum Gasteiger partial charge on any atom is -0.480 e. The molecule has 1 saturated heterocycles. The summed E-state index contributed by atoms with van der Waals surface area (Å²) in [6.07, 6.45) is 3.04. The van der Waals surface area contributed by atoms with Crippen LogP contribution in [0.15, 0.2) is 65.7 Å². The molecule has 3 amide bonds. The quantitative estimate of drug-likeness (QED) is 0.139. The minimum atomic E-state index is -3.82. The molecule has 1 aliphatic heterocycles. The summed E-state index contributed by atoms with van der Waals surface area (Å²) < 4.78 is 5.29. The van der Waals surface area contributed by atoms with Crippen LogP contribution in [0, 0.1) is 0 Å². The maximum Gasteiger partial charge on any atom is 0.410 e. The monoisotopic (exact) mass is 629 g/mol. The van der Waals surface area contributed by atoms with E-state index in [0.717, 1.165) is 17.5 Å². The number of rotatable bonds is 16. The lowest BCUT2D eigenvalue weighted by Gasteiger charge is -2.25. The van der Waals surface area contributed by atoms with Crippen molar-refractivity contribution in [1.29, 1.82) is 0 Å². The highest BCUT2D eigenvalue weighted by atomic mass is 31.2. The van der Waals surface area contributed by atoms with Gasteiger partial charge in [0.2, 0.25) is 17.6 Å². The van der Waals surface area contributed by atoms with E-state index in [4.69, 9.17) is 4.74 Å². The van der Waals surface area contributed by atoms with Crippen LogP contribution in [0.4, 0.5) is 4.79 Å². The zero-order valence-electron chi connectivity index (χ0n) is 24.9. The number of carbonyl (C=O) groups is 4. The molecule has 0 aromatic heterocycles. The lowest BCUT2D eigenvalue weighted by molar-refractivity contribution is -0.143. The average molecular weight is 630 g/mol. The summed E-state index contributed by atoms with van der Waals surface area (Å²) in [5.74, 6) is -3.11. The summed E-state index contributed by atoms with van der Waals surface area (Å²) in [4.78, 5) is 77.5. The molecule has 2 aromatic carbocycles. The van der Waals surface area contributed by atoms with E-state index in [9.17, 15) is 34.1 Å². The topological polar surface area (TPSA) is 178 Å². The van der Waals surface area contributed by atoms with Crippen LogP contribution in [0.2, 0.25) is 0 Å². The highest BCUT2D eigenvalue weighted by Gasteiger charge is 2.44. The van der Waals surface area contributed by atoms with Gasteiger partial charge in [-0.05, 0) is 30.4 Å². The molecule has 1 heterocycles. The number of carboxylic acids is 1. The van der Waals surface area contributed by atoms with Gasteiger partial charge in [0, 0.05) is 19.2 Å². The fourth-order valence-electron chi connectivity index (χ4n) is 4.85. The van der Waals surface area contributed by atoms with Crippen molar-refractivity contribution in [1.82, 2.24) is 15.5 Å². The molecule has 0 unspecified atom stereocenters. The van der Waals surface area contributed by atoms with E-state index in [1.165, 1.54) is 11.1 Å². The van der Waals surface area contributed by atoms with Gasteiger partial charge in [-0.15, -0.1) is 0 Å². The molecule has 44 heavy (non-hydrogen) atoms. The molecule has 3 rings (SSSR count). The Bertz CT molecular complexity index is 1260. The Labute approximate surface area is 258 Å². The molecule has 5 N–H and O–H groups in total. The molecule has 238 valence electrons. The van der Waals surface area contributed by atoms with Crippen molar-refractivity contribution < 1.29 is 38.8 Å². The zero-order chi connectivity index (χ0) is 32.0. The third-order valence-corrected chi connectivity index (χ3v) is 9.32. The van der Waals surface area contributed by atoms with Crippen LogP contribution in [0.5, 0.6) is 0 Å². The number of unbranched alkanes of at least 4 members (excludes halogenated alkanes) is 1. The molecule has 1 fully saturated rings. The van der Waals surface area contributed by atoms with Crippen LogP contribution in [0.25, 0.3) is 0 Å². The van der Waals surface area contributed by atoms with Gasteiger partial charge < -0.3 is 20.1 Å². The van der Waals surface area contributed by atoms with Gasteiger partial charge in [-0.1, -0.05) is 80.4 Å². The van der Waals surface area contributed by atoms with Gasteiger partial charge in [0.1, 0.15) is 31.4 Å². The van der Waals surface area contributed by atoms with Gasteiger partial charge in [0.25, 0.3) is 7.72 Å². The SMILES string of the molecule is CCCC[C@@H](NC(=O)[C@H]1CCCN1C(=O)CN=CC[P+](O)(O)[C@H](Cc1ccccc1)NC(=O)OCc1ccccc1)C(=O)O. The molecule has 0 aliphatic carbocycles. The van der Waals surface area contributed by atoms with Crippen molar-refractivity contribution in [2.45, 2.75) is 69.9 Å². The third kappa shape index (κ3) is 11.0. The van der Waals surface area contributed by atoms with Crippen LogP contribution in [-0.4, -0.2) is 87.0 Å². The number of nitrogens with zero attached hydrogens (tertiary/aromatic N) is 2. The van der Waals surface area contributed by atoms with Crippen molar-refractivity contribution in [3.05, 3.63) is 71.8 Å². The number of aliphatic carboxylic acids is 1. The van der Waals surface area contributed by atoms with E-state index in [2.05, 4.69) is 15.6 Å². The summed E-state index contributed by atoms with van der Waals surface area (Å²) in [5, 5.41) is 14.6. The average Bonchev–Trinajstić information content (AvgIpc) is 3.51. The van der Waals surface area contributed by atoms with E-state index >= 15 is 0 Å². The second kappa shape index (κ2) is 17.4. The predicted molar refractivity (Wildman–Crippen MR) is 167 cm³/mol. The first-order chi connectivity index (χ1) is 21.1. The summed E-state index contributed by atoms with van der Waals surface area (Å²) >= 11 is 0. The van der Waals surface area contributed by atoms with E-state index in [0.29, 0.717) is 32.2 Å². The zero-order valence-corrected chi connectivity index (χ0v) is 25.8. The van der Waals surface area contributed by atoms with Gasteiger partial charge in [0.05, 0.1) is 0 Å². The number of ether oxygens (including phenoxy) is 1. The van der Waals surface area contributed by atoms with Crippen molar-refractivity contribution in [2.24, 2.45) is 4.99 Å². The Morgan fingerprint density at radius 3 is 2.34 bits per heavy atom. The number of carboxylic acid groups (broad SMARTS) is 1. The third-order valence-electron chi connectivity index (χ3n) is 7.31. The Hall–Kier alpha value is -3.86. The van der Waals surface area contributed by atoms with Crippen LogP contribution < -0.4 is 10.6 Å². The Morgan fingerprint density at radius 1 is 1.05 bits per heavy atom. The number of hydrogen-bond donors (Lipinski definition) is 5. The van der Waals surface area contributed by atoms with Gasteiger partial charge in [0.15, 0.2) is 0 Å². The molecule has 0 bridgehead atoms. The first kappa shape index (κ1) is 34.6. The second-order valence-corrected chi connectivity index (χ2v) is 13.3. The fourth-order valence-corrected chi connectivity index (χ4v) is 6.27. The number of likely N-dealkylation sites (tertiary alicyclic amines) is 1. The number of benzene rings is 2. The Balaban J connectivity index is 1.58. The number of amides is 3. The van der Waals surface area contributed by atoms with Crippen LogP contribution in [-0.2, 0) is 32.1 Å². The predicted octanol–water partition coefficient (Wildman–Crippen LogP) is 3.14. The van der Waals surface area contributed by atoms with Crippen LogP contribution >= 0.6 is 7.72 Å². The van der Waals surface area contributed by atoms with Crippen molar-refractivity contribution in [2.75, 3.05) is 19.3 Å². The van der Waals surface area contributed by atoms with Crippen molar-refractivity contribution in [3.8, 4) is 0 Å². The number of carbonyl (C=O) groups excluding carboxylic acids is 3. The van der Waals surface area contributed by atoms with E-state index < -0.39 is 49.5 Å². The molecular weight excluding hydrogens is 587 g/mol. The summed E-state index contributed by atoms with van der Waals surface area (Å²) in [7, 11) is -3.82. The molecule has 1 aliphatic rings. The van der Waals surface area contributed by atoms with Gasteiger partial charge >= 0.3 is 12.1 Å². The maximum absolute atomic E-state index is 12.9. The molecule has 0 radical (unpaired) electrons. The van der Waals surface area contributed by atoms with Gasteiger partial charge in [-0.2, -0.15) is 0 Å². The largest absolute Gasteiger partial charge is 0.480 e. The normalized spacial score (nSPS) is 16.3. The summed E-state index contributed by atoms with van der Waals surface area (Å²) in [6, 6.07) is 16.3. The number of nitrogens with one attached hydrogen (secondary N) is 2. The summed E-state index contributed by atoms with van der Waals surface area (Å²) in [5.41, 5.74) is 1.56. The Morgan fingerprint density at radius 2 is 1.70 bits per heavy atom. The number of aliphatic imine (C=N–C) groups is 1. The summed E-state index contributed by atoms with van der Waals surface area (Å²) in [6.45, 7) is 1.96. The maximum atomic E-state index is 12.9.